The third-order valence-electron chi connectivity index (χ3n) is 10.4. The molecule has 4 aliphatic heterocycles. The molecule has 4 heterocycles. The Hall–Kier alpha value is -3.91. The molecule has 2 N–H and O–H groups in total. The molecule has 5 rings (SSSR count). The number of rotatable bonds is 11. The van der Waals surface area contributed by atoms with E-state index in [4.69, 9.17) is 30.6 Å². The zero-order valence-electron chi connectivity index (χ0n) is 30.6. The van der Waals surface area contributed by atoms with E-state index in [2.05, 4.69) is 15.8 Å². The average Bonchev–Trinajstić information content (AvgIpc) is 3.64. The van der Waals surface area contributed by atoms with Gasteiger partial charge in [-0.05, 0) is 43.1 Å². The summed E-state index contributed by atoms with van der Waals surface area (Å²) >= 11 is 6.46. The molecule has 3 saturated heterocycles. The van der Waals surface area contributed by atoms with E-state index in [1.54, 1.807) is 12.1 Å². The molecule has 280 valence electrons. The topological polar surface area (TPSA) is 165 Å². The van der Waals surface area contributed by atoms with Crippen LogP contribution in [0.3, 0.4) is 0 Å². The zero-order valence-corrected chi connectivity index (χ0v) is 31.3. The van der Waals surface area contributed by atoms with Gasteiger partial charge in [0.05, 0.1) is 37.5 Å². The minimum Gasteiger partial charge on any atom is -0.496 e. The minimum atomic E-state index is -1.13. The lowest BCUT2D eigenvalue weighted by atomic mass is 9.78. The van der Waals surface area contributed by atoms with E-state index < -0.39 is 52.6 Å². The van der Waals surface area contributed by atoms with Crippen LogP contribution in [0.2, 0.25) is 5.02 Å². The van der Waals surface area contributed by atoms with Crippen LogP contribution in [0.25, 0.3) is 0 Å². The molecule has 3 fully saturated rings. The molecule has 1 aromatic rings. The molecule has 0 radical (unpaired) electrons. The van der Waals surface area contributed by atoms with Crippen LogP contribution in [0.1, 0.15) is 78.7 Å². The summed E-state index contributed by atoms with van der Waals surface area (Å²) in [5, 5.41) is 10.4. The molecule has 0 aromatic heterocycles. The number of methoxy groups -OCH3 is 2. The second kappa shape index (κ2) is 15.0. The van der Waals surface area contributed by atoms with Crippen LogP contribution in [0.15, 0.2) is 17.3 Å². The fourth-order valence-corrected chi connectivity index (χ4v) is 7.29. The quantitative estimate of drug-likeness (QED) is 0.326. The molecule has 1 spiro atoms. The van der Waals surface area contributed by atoms with Crippen molar-refractivity contribution in [2.45, 2.75) is 96.9 Å². The van der Waals surface area contributed by atoms with E-state index in [0.717, 1.165) is 19.3 Å². The van der Waals surface area contributed by atoms with Gasteiger partial charge in [-0.15, -0.1) is 0 Å². The van der Waals surface area contributed by atoms with Crippen LogP contribution in [0, 0.1) is 10.8 Å². The summed E-state index contributed by atoms with van der Waals surface area (Å²) in [6.07, 6.45) is 2.74. The molecule has 51 heavy (non-hydrogen) atoms. The van der Waals surface area contributed by atoms with Gasteiger partial charge < -0.3 is 39.5 Å². The van der Waals surface area contributed by atoms with Crippen molar-refractivity contribution in [1.29, 1.82) is 0 Å². The highest BCUT2D eigenvalue weighted by atomic mass is 35.5. The van der Waals surface area contributed by atoms with Gasteiger partial charge in [0.25, 0.3) is 5.91 Å². The molecule has 0 bridgehead atoms. The van der Waals surface area contributed by atoms with Gasteiger partial charge in [0.2, 0.25) is 23.5 Å². The summed E-state index contributed by atoms with van der Waals surface area (Å²) < 4.78 is 16.4. The van der Waals surface area contributed by atoms with Crippen molar-refractivity contribution in [3.63, 3.8) is 0 Å². The molecule has 4 amide bonds. The number of nitrogens with zero attached hydrogens (tertiary/aromatic N) is 3. The summed E-state index contributed by atoms with van der Waals surface area (Å²) in [6.45, 7) is 11.1. The first-order valence-corrected chi connectivity index (χ1v) is 17.9. The third kappa shape index (κ3) is 8.27. The average molecular weight is 732 g/mol. The van der Waals surface area contributed by atoms with E-state index in [0.29, 0.717) is 54.1 Å². The number of ketones is 1. The van der Waals surface area contributed by atoms with Crippen molar-refractivity contribution in [1.82, 2.24) is 20.4 Å². The van der Waals surface area contributed by atoms with E-state index >= 15 is 0 Å². The number of carbonyl (C=O) groups excluding carboxylic acids is 5. The SMILES string of the molecule is COc1cc(OC)c(C2=NO[C@]3(C2)C[C@@H](C(=O)N[C@@H](C)C(=O)C(=O)N2CCC2)N(C(=O)[C@@H](NC(=O)CC2(C)CCOCC2)C(C)(C)C)C3)cc1Cl. The fraction of sp³-hybridized carbons (Fsp3) is 0.667. The molecule has 1 aromatic carbocycles. The van der Waals surface area contributed by atoms with Crippen molar-refractivity contribution in [3.8, 4) is 11.5 Å². The summed E-state index contributed by atoms with van der Waals surface area (Å²) in [5.74, 6) is -1.88. The number of halogens is 1. The van der Waals surface area contributed by atoms with Crippen molar-refractivity contribution in [2.75, 3.05) is 47.1 Å². The Kier molecular flexibility index (Phi) is 11.3. The molecule has 0 aliphatic carbocycles. The largest absolute Gasteiger partial charge is 0.496 e. The van der Waals surface area contributed by atoms with Crippen molar-refractivity contribution in [2.24, 2.45) is 16.0 Å². The van der Waals surface area contributed by atoms with Gasteiger partial charge in [0, 0.05) is 57.2 Å². The van der Waals surface area contributed by atoms with Crippen LogP contribution >= 0.6 is 11.6 Å². The predicted molar refractivity (Wildman–Crippen MR) is 188 cm³/mol. The highest BCUT2D eigenvalue weighted by molar-refractivity contribution is 6.38. The first kappa shape index (κ1) is 38.3. The van der Waals surface area contributed by atoms with Gasteiger partial charge in [-0.1, -0.05) is 44.5 Å². The Bertz CT molecular complexity index is 1580. The number of nitrogens with one attached hydrogen (secondary N) is 2. The van der Waals surface area contributed by atoms with Crippen LogP contribution in [0.4, 0.5) is 0 Å². The Balaban J connectivity index is 1.41. The Morgan fingerprint density at radius 1 is 1.06 bits per heavy atom. The monoisotopic (exact) mass is 731 g/mol. The van der Waals surface area contributed by atoms with Crippen LogP contribution < -0.4 is 20.1 Å². The number of likely N-dealkylation sites (tertiary alicyclic amines) is 2. The van der Waals surface area contributed by atoms with E-state index in [1.165, 1.54) is 30.9 Å². The lowest BCUT2D eigenvalue weighted by molar-refractivity contribution is -0.149. The molecule has 14 nitrogen and oxygen atoms in total. The number of Topliss-reactive ketones (excluding diaryl/α,β-unsaturated/α-hetero) is 1. The van der Waals surface area contributed by atoms with Gasteiger partial charge >= 0.3 is 0 Å². The Morgan fingerprint density at radius 2 is 1.73 bits per heavy atom. The molecule has 4 atom stereocenters. The predicted octanol–water partition coefficient (Wildman–Crippen LogP) is 2.87. The standard InChI is InChI=1S/C36H50ClN5O9/c1-21(29(44)32(46)41-11-8-12-41)38-31(45)25-18-36(17-24(40-51-36)22-15-23(37)27(49-7)16-26(22)48-6)20-42(25)33(47)30(34(2,3)4)39-28(43)19-35(5)9-13-50-14-10-35/h15-16,21,25,30H,8-14,17-20H2,1-7H3,(H,38,45)(H,39,43)/t21-,25-,30+,36+/m0/s1. The maximum absolute atomic E-state index is 14.6. The minimum absolute atomic E-state index is 0.0321. The Labute approximate surface area is 303 Å². The van der Waals surface area contributed by atoms with Gasteiger partial charge in [-0.25, -0.2) is 0 Å². The molecular formula is C36H50ClN5O9. The van der Waals surface area contributed by atoms with Crippen LogP contribution in [-0.4, -0.2) is 116 Å². The van der Waals surface area contributed by atoms with Gasteiger partial charge in [-0.2, -0.15) is 0 Å². The second-order valence-electron chi connectivity index (χ2n) is 15.6. The fourth-order valence-electron chi connectivity index (χ4n) is 7.05. The lowest BCUT2D eigenvalue weighted by Crippen LogP contribution is -2.59. The van der Waals surface area contributed by atoms with E-state index in [-0.39, 0.29) is 37.1 Å². The molecule has 0 saturated carbocycles. The highest BCUT2D eigenvalue weighted by Crippen LogP contribution is 2.43. The number of ether oxygens (including phenoxy) is 3. The summed E-state index contributed by atoms with van der Waals surface area (Å²) in [6, 6.07) is 0.0863. The maximum atomic E-state index is 14.6. The zero-order chi connectivity index (χ0) is 37.3. The van der Waals surface area contributed by atoms with Gasteiger partial charge in [0.15, 0.2) is 5.60 Å². The Morgan fingerprint density at radius 3 is 2.31 bits per heavy atom. The van der Waals surface area contributed by atoms with Crippen LogP contribution in [-0.2, 0) is 33.5 Å². The molecule has 0 unspecified atom stereocenters. The number of benzene rings is 1. The second-order valence-corrected chi connectivity index (χ2v) is 16.0. The maximum Gasteiger partial charge on any atom is 0.292 e. The lowest BCUT2D eigenvalue weighted by Gasteiger charge is -2.37. The van der Waals surface area contributed by atoms with E-state index in [1.807, 2.05) is 27.7 Å². The summed E-state index contributed by atoms with van der Waals surface area (Å²) in [5.41, 5.74) is -1.05. The summed E-state index contributed by atoms with van der Waals surface area (Å²) in [4.78, 5) is 76.7. The third-order valence-corrected chi connectivity index (χ3v) is 10.7. The number of amides is 4. The number of oxime groups is 1. The van der Waals surface area contributed by atoms with E-state index in [9.17, 15) is 24.0 Å². The van der Waals surface area contributed by atoms with Gasteiger partial charge in [-0.3, -0.25) is 24.0 Å². The normalized spacial score (nSPS) is 23.8. The highest BCUT2D eigenvalue weighted by Gasteiger charge is 2.56. The van der Waals surface area contributed by atoms with Crippen molar-refractivity contribution < 1.29 is 43.0 Å². The number of hydrogen-bond donors (Lipinski definition) is 2. The number of carbonyl (C=O) groups is 5. The van der Waals surface area contributed by atoms with Crippen molar-refractivity contribution in [3.05, 3.63) is 22.7 Å². The van der Waals surface area contributed by atoms with Crippen LogP contribution in [0.5, 0.6) is 11.5 Å². The summed E-state index contributed by atoms with van der Waals surface area (Å²) in [7, 11) is 3.00. The molecular weight excluding hydrogens is 682 g/mol. The van der Waals surface area contributed by atoms with Gasteiger partial charge in [0.1, 0.15) is 23.6 Å². The number of hydrogen-bond acceptors (Lipinski definition) is 10. The first-order valence-electron chi connectivity index (χ1n) is 17.5. The first-order chi connectivity index (χ1) is 24.0. The molecule has 4 aliphatic rings. The molecule has 15 heteroatoms. The van der Waals surface area contributed by atoms with Crippen molar-refractivity contribution >= 4 is 46.7 Å². The smallest absolute Gasteiger partial charge is 0.292 e.